The highest BCUT2D eigenvalue weighted by molar-refractivity contribution is 7.89. The Labute approximate surface area is 177 Å². The van der Waals surface area contributed by atoms with Gasteiger partial charge >= 0.3 is 5.97 Å². The van der Waals surface area contributed by atoms with E-state index < -0.39 is 27.4 Å². The van der Waals surface area contributed by atoms with Crippen LogP contribution in [0.2, 0.25) is 5.02 Å². The molecule has 1 aliphatic heterocycles. The molecule has 3 aromatic rings. The zero-order valence-electron chi connectivity index (χ0n) is 15.7. The minimum absolute atomic E-state index is 0.182. The van der Waals surface area contributed by atoms with Gasteiger partial charge in [-0.2, -0.15) is 4.31 Å². The molecule has 9 heteroatoms. The van der Waals surface area contributed by atoms with Crippen molar-refractivity contribution in [3.63, 3.8) is 0 Å². The Morgan fingerprint density at radius 1 is 1.03 bits per heavy atom. The van der Waals surface area contributed by atoms with E-state index in [0.29, 0.717) is 15.8 Å². The van der Waals surface area contributed by atoms with E-state index in [1.54, 1.807) is 30.3 Å². The van der Waals surface area contributed by atoms with Crippen molar-refractivity contribution in [1.82, 2.24) is 4.31 Å². The molecule has 0 saturated carbocycles. The van der Waals surface area contributed by atoms with Crippen LogP contribution in [0.5, 0.6) is 5.75 Å². The average molecular weight is 450 g/mol. The summed E-state index contributed by atoms with van der Waals surface area (Å²) in [6.45, 7) is 0.935. The molecular weight excluding hydrogens is 433 g/mol. The highest BCUT2D eigenvalue weighted by atomic mass is 35.5. The smallest absolute Gasteiger partial charge is 0.346 e. The SMILES string of the molecule is O=C(Oc1ccc(Cl)c2ccccc12)c1cc(S(=O)(=O)N2CCOCC2)ccc1F. The van der Waals surface area contributed by atoms with Crippen LogP contribution in [0.1, 0.15) is 10.4 Å². The van der Waals surface area contributed by atoms with Crippen LogP contribution in [0, 0.1) is 5.82 Å². The van der Waals surface area contributed by atoms with Crippen LogP contribution in [0.25, 0.3) is 10.8 Å². The molecule has 3 aromatic carbocycles. The molecule has 0 aliphatic carbocycles. The molecule has 1 fully saturated rings. The molecule has 1 aliphatic rings. The van der Waals surface area contributed by atoms with E-state index in [1.165, 1.54) is 10.4 Å². The maximum Gasteiger partial charge on any atom is 0.346 e. The quantitative estimate of drug-likeness (QED) is 0.446. The summed E-state index contributed by atoms with van der Waals surface area (Å²) in [5.74, 6) is -1.68. The monoisotopic (exact) mass is 449 g/mol. The van der Waals surface area contributed by atoms with Crippen LogP contribution in [-0.2, 0) is 14.8 Å². The molecule has 0 amide bonds. The number of carbonyl (C=O) groups is 1. The molecule has 0 atom stereocenters. The van der Waals surface area contributed by atoms with E-state index in [4.69, 9.17) is 21.1 Å². The van der Waals surface area contributed by atoms with Crippen LogP contribution >= 0.6 is 11.6 Å². The summed E-state index contributed by atoms with van der Waals surface area (Å²) in [5.41, 5.74) is -0.469. The van der Waals surface area contributed by atoms with Gasteiger partial charge in [-0.1, -0.05) is 35.9 Å². The standard InChI is InChI=1S/C21H17ClFNO5S/c22-18-6-8-20(16-4-2-1-3-15(16)18)29-21(25)17-13-14(5-7-19(17)23)30(26,27)24-9-11-28-12-10-24/h1-8,13H,9-12H2. The van der Waals surface area contributed by atoms with Gasteiger partial charge in [0.25, 0.3) is 0 Å². The highest BCUT2D eigenvalue weighted by Gasteiger charge is 2.28. The first-order chi connectivity index (χ1) is 14.4. The average Bonchev–Trinajstić information content (AvgIpc) is 2.76. The second kappa shape index (κ2) is 8.31. The van der Waals surface area contributed by atoms with Crippen LogP contribution < -0.4 is 4.74 Å². The lowest BCUT2D eigenvalue weighted by atomic mass is 10.1. The van der Waals surface area contributed by atoms with E-state index in [-0.39, 0.29) is 36.9 Å². The van der Waals surface area contributed by atoms with Crippen molar-refractivity contribution in [3.8, 4) is 5.75 Å². The number of halogens is 2. The minimum atomic E-state index is -3.89. The predicted octanol–water partition coefficient (Wildman–Crippen LogP) is 3.87. The van der Waals surface area contributed by atoms with Gasteiger partial charge in [0.2, 0.25) is 10.0 Å². The molecule has 156 valence electrons. The molecule has 0 bridgehead atoms. The molecule has 1 saturated heterocycles. The summed E-state index contributed by atoms with van der Waals surface area (Å²) in [4.78, 5) is 12.5. The van der Waals surface area contributed by atoms with Gasteiger partial charge in [0.1, 0.15) is 11.6 Å². The maximum atomic E-state index is 14.4. The van der Waals surface area contributed by atoms with E-state index in [9.17, 15) is 17.6 Å². The number of morpholine rings is 1. The predicted molar refractivity (Wildman–Crippen MR) is 110 cm³/mol. The number of esters is 1. The van der Waals surface area contributed by atoms with Crippen LogP contribution in [0.3, 0.4) is 0 Å². The van der Waals surface area contributed by atoms with Gasteiger partial charge in [0.15, 0.2) is 0 Å². The molecule has 0 radical (unpaired) electrons. The first kappa shape index (κ1) is 20.7. The zero-order valence-corrected chi connectivity index (χ0v) is 17.2. The van der Waals surface area contributed by atoms with Crippen molar-refractivity contribution in [2.24, 2.45) is 0 Å². The molecule has 0 aromatic heterocycles. The summed E-state index contributed by atoms with van der Waals surface area (Å²) in [6, 6.07) is 13.2. The fourth-order valence-corrected chi connectivity index (χ4v) is 4.90. The Balaban J connectivity index is 1.67. The number of carbonyl (C=O) groups excluding carboxylic acids is 1. The molecule has 6 nitrogen and oxygen atoms in total. The first-order valence-corrected chi connectivity index (χ1v) is 11.0. The van der Waals surface area contributed by atoms with Crippen molar-refractivity contribution in [2.75, 3.05) is 26.3 Å². The lowest BCUT2D eigenvalue weighted by Gasteiger charge is -2.26. The van der Waals surface area contributed by atoms with Gasteiger partial charge in [-0.25, -0.2) is 17.6 Å². The minimum Gasteiger partial charge on any atom is -0.422 e. The van der Waals surface area contributed by atoms with Crippen LogP contribution in [0.15, 0.2) is 59.5 Å². The van der Waals surface area contributed by atoms with Crippen molar-refractivity contribution >= 4 is 38.4 Å². The summed E-state index contributed by atoms with van der Waals surface area (Å²) in [7, 11) is -3.89. The normalized spacial score (nSPS) is 15.3. The molecule has 0 N–H and O–H groups in total. The summed E-state index contributed by atoms with van der Waals surface area (Å²) in [6.07, 6.45) is 0. The first-order valence-electron chi connectivity index (χ1n) is 9.15. The lowest BCUT2D eigenvalue weighted by molar-refractivity contribution is 0.0726. The second-order valence-electron chi connectivity index (χ2n) is 6.64. The summed E-state index contributed by atoms with van der Waals surface area (Å²) < 4.78 is 51.8. The molecule has 4 rings (SSSR count). The Morgan fingerprint density at radius 2 is 1.73 bits per heavy atom. The third-order valence-corrected chi connectivity index (χ3v) is 7.02. The van der Waals surface area contributed by atoms with Gasteiger partial charge in [-0.15, -0.1) is 0 Å². The number of benzene rings is 3. The molecule has 30 heavy (non-hydrogen) atoms. The van der Waals surface area contributed by atoms with Gasteiger partial charge in [0.05, 0.1) is 23.7 Å². The number of nitrogens with zero attached hydrogens (tertiary/aromatic N) is 1. The number of fused-ring (bicyclic) bond motifs is 1. The number of ether oxygens (including phenoxy) is 2. The second-order valence-corrected chi connectivity index (χ2v) is 8.98. The highest BCUT2D eigenvalue weighted by Crippen LogP contribution is 2.32. The fourth-order valence-electron chi connectivity index (χ4n) is 3.24. The third kappa shape index (κ3) is 3.91. The Morgan fingerprint density at radius 3 is 2.47 bits per heavy atom. The van der Waals surface area contributed by atoms with Crippen LogP contribution in [0.4, 0.5) is 4.39 Å². The fraction of sp³-hybridized carbons (Fsp3) is 0.190. The lowest BCUT2D eigenvalue weighted by Crippen LogP contribution is -2.40. The zero-order chi connectivity index (χ0) is 21.3. The number of hydrogen-bond acceptors (Lipinski definition) is 5. The molecule has 0 spiro atoms. The van der Waals surface area contributed by atoms with Crippen molar-refractivity contribution in [2.45, 2.75) is 4.90 Å². The van der Waals surface area contributed by atoms with Gasteiger partial charge in [0, 0.05) is 28.9 Å². The van der Waals surface area contributed by atoms with Gasteiger partial charge in [-0.3, -0.25) is 0 Å². The molecular formula is C21H17ClFNO5S. The topological polar surface area (TPSA) is 72.9 Å². The van der Waals surface area contributed by atoms with Gasteiger partial charge in [-0.05, 0) is 30.3 Å². The Hall–Kier alpha value is -2.52. The van der Waals surface area contributed by atoms with E-state index in [2.05, 4.69) is 0 Å². The molecule has 0 unspecified atom stereocenters. The third-order valence-electron chi connectivity index (χ3n) is 4.80. The summed E-state index contributed by atoms with van der Waals surface area (Å²) >= 11 is 6.17. The Kier molecular flexibility index (Phi) is 5.75. The number of sulfonamides is 1. The maximum absolute atomic E-state index is 14.4. The number of rotatable bonds is 4. The summed E-state index contributed by atoms with van der Waals surface area (Å²) in [5, 5.41) is 1.74. The van der Waals surface area contributed by atoms with Gasteiger partial charge < -0.3 is 9.47 Å². The largest absolute Gasteiger partial charge is 0.422 e. The van der Waals surface area contributed by atoms with E-state index >= 15 is 0 Å². The van der Waals surface area contributed by atoms with Crippen molar-refractivity contribution < 1.29 is 27.1 Å². The van der Waals surface area contributed by atoms with E-state index in [1.807, 2.05) is 0 Å². The van der Waals surface area contributed by atoms with Crippen molar-refractivity contribution in [3.05, 3.63) is 71.0 Å². The number of hydrogen-bond donors (Lipinski definition) is 0. The molecule has 1 heterocycles. The van der Waals surface area contributed by atoms with Crippen molar-refractivity contribution in [1.29, 1.82) is 0 Å². The Bertz CT molecular complexity index is 1230. The van der Waals surface area contributed by atoms with E-state index in [0.717, 1.165) is 18.2 Å². The van der Waals surface area contributed by atoms with Crippen LogP contribution in [-0.4, -0.2) is 45.0 Å².